The molecule has 0 fully saturated rings. The summed E-state index contributed by atoms with van der Waals surface area (Å²) in [5.41, 5.74) is 0.462. The predicted octanol–water partition coefficient (Wildman–Crippen LogP) is 3.87. The van der Waals surface area contributed by atoms with E-state index in [9.17, 15) is 4.57 Å². The van der Waals surface area contributed by atoms with Crippen molar-refractivity contribution in [1.82, 2.24) is 0 Å². The quantitative estimate of drug-likeness (QED) is 0.465. The normalized spacial score (nSPS) is 13.0. The number of unbranched alkanes of at least 4 members (excludes halogenated alkanes) is 2. The smallest absolute Gasteiger partial charge is 0.303 e. The van der Waals surface area contributed by atoms with Crippen molar-refractivity contribution < 1.29 is 18.9 Å². The molecular formula is C12H27O4P. The molecule has 0 aliphatic rings. The van der Waals surface area contributed by atoms with Crippen LogP contribution < -0.4 is 0 Å². The van der Waals surface area contributed by atoms with Crippen LogP contribution in [0, 0.1) is 5.41 Å². The minimum Gasteiger partial charge on any atom is -0.303 e. The Labute approximate surface area is 105 Å². The summed E-state index contributed by atoms with van der Waals surface area (Å²) >= 11 is 0. The van der Waals surface area contributed by atoms with Crippen LogP contribution in [0.1, 0.15) is 65.7 Å². The van der Waals surface area contributed by atoms with Crippen molar-refractivity contribution >= 4 is 7.82 Å². The molecule has 0 saturated heterocycles. The molecule has 17 heavy (non-hydrogen) atoms. The molecule has 104 valence electrons. The van der Waals surface area contributed by atoms with Gasteiger partial charge in [0.25, 0.3) is 0 Å². The zero-order valence-corrected chi connectivity index (χ0v) is 12.2. The third-order valence-corrected chi connectivity index (χ3v) is 4.38. The van der Waals surface area contributed by atoms with Crippen molar-refractivity contribution in [1.29, 1.82) is 0 Å². The van der Waals surface area contributed by atoms with E-state index in [1.165, 1.54) is 25.7 Å². The number of rotatable bonds is 10. The van der Waals surface area contributed by atoms with Crippen LogP contribution in [0.25, 0.3) is 0 Å². The molecule has 0 amide bonds. The summed E-state index contributed by atoms with van der Waals surface area (Å²) in [6.45, 7) is 6.87. The van der Waals surface area contributed by atoms with E-state index < -0.39 is 7.82 Å². The number of phosphoric ester groups is 1. The van der Waals surface area contributed by atoms with Crippen molar-refractivity contribution in [2.75, 3.05) is 6.61 Å². The summed E-state index contributed by atoms with van der Waals surface area (Å²) in [6, 6.07) is 0. The highest BCUT2D eigenvalue weighted by atomic mass is 31.2. The molecule has 0 rings (SSSR count). The highest BCUT2D eigenvalue weighted by molar-refractivity contribution is 7.46. The molecule has 0 aromatic rings. The van der Waals surface area contributed by atoms with Gasteiger partial charge in [-0.3, -0.25) is 4.52 Å². The van der Waals surface area contributed by atoms with Crippen LogP contribution in [0.2, 0.25) is 0 Å². The van der Waals surface area contributed by atoms with Gasteiger partial charge in [0.2, 0.25) is 0 Å². The summed E-state index contributed by atoms with van der Waals surface area (Å²) in [4.78, 5) is 17.0. The first-order chi connectivity index (χ1) is 7.89. The fraction of sp³-hybridized carbons (Fsp3) is 1.00. The van der Waals surface area contributed by atoms with Crippen molar-refractivity contribution in [2.45, 2.75) is 65.7 Å². The van der Waals surface area contributed by atoms with E-state index in [-0.39, 0.29) is 6.61 Å². The number of hydrogen-bond donors (Lipinski definition) is 2. The van der Waals surface area contributed by atoms with Crippen molar-refractivity contribution in [3.63, 3.8) is 0 Å². The molecule has 0 aliphatic carbocycles. The van der Waals surface area contributed by atoms with Gasteiger partial charge in [-0.05, 0) is 18.3 Å². The van der Waals surface area contributed by atoms with Crippen LogP contribution in [0.4, 0.5) is 0 Å². The largest absolute Gasteiger partial charge is 0.469 e. The standard InChI is InChI=1S/C12H27O4P/c1-4-12(5-2,6-3)10-8-7-9-11-16-17(13,14)15/h4-11H2,1-3H3,(H2,13,14,15). The third kappa shape index (κ3) is 7.93. The molecule has 5 heteroatoms. The Morgan fingerprint density at radius 3 is 1.94 bits per heavy atom. The van der Waals surface area contributed by atoms with E-state index in [1.54, 1.807) is 0 Å². The zero-order chi connectivity index (χ0) is 13.4. The molecular weight excluding hydrogens is 239 g/mol. The van der Waals surface area contributed by atoms with Gasteiger partial charge in [-0.2, -0.15) is 0 Å². The predicted molar refractivity (Wildman–Crippen MR) is 69.8 cm³/mol. The first kappa shape index (κ1) is 17.1. The van der Waals surface area contributed by atoms with E-state index in [4.69, 9.17) is 9.79 Å². The van der Waals surface area contributed by atoms with Gasteiger partial charge in [0.1, 0.15) is 0 Å². The molecule has 0 heterocycles. The second-order valence-electron chi connectivity index (χ2n) is 4.70. The van der Waals surface area contributed by atoms with Crippen LogP contribution >= 0.6 is 7.82 Å². The lowest BCUT2D eigenvalue weighted by Crippen LogP contribution is -2.17. The van der Waals surface area contributed by atoms with Gasteiger partial charge in [-0.15, -0.1) is 0 Å². The lowest BCUT2D eigenvalue weighted by Gasteiger charge is -2.30. The molecule has 0 unspecified atom stereocenters. The second kappa shape index (κ2) is 8.25. The molecule has 0 bridgehead atoms. The Kier molecular flexibility index (Phi) is 8.31. The maximum atomic E-state index is 10.4. The van der Waals surface area contributed by atoms with Crippen molar-refractivity contribution in [2.24, 2.45) is 5.41 Å². The van der Waals surface area contributed by atoms with E-state index >= 15 is 0 Å². The molecule has 0 aliphatic heterocycles. The number of phosphoric acid groups is 1. The van der Waals surface area contributed by atoms with E-state index in [0.29, 0.717) is 5.41 Å². The van der Waals surface area contributed by atoms with Gasteiger partial charge < -0.3 is 9.79 Å². The second-order valence-corrected chi connectivity index (χ2v) is 5.93. The minimum atomic E-state index is -4.26. The average molecular weight is 266 g/mol. The maximum absolute atomic E-state index is 10.4. The third-order valence-electron chi connectivity index (χ3n) is 3.86. The summed E-state index contributed by atoms with van der Waals surface area (Å²) < 4.78 is 14.8. The Morgan fingerprint density at radius 1 is 1.00 bits per heavy atom. The summed E-state index contributed by atoms with van der Waals surface area (Å²) in [7, 11) is -4.26. The molecule has 0 atom stereocenters. The first-order valence-electron chi connectivity index (χ1n) is 6.59. The molecule has 0 aromatic carbocycles. The van der Waals surface area contributed by atoms with E-state index in [1.807, 2.05) is 0 Å². The number of hydrogen-bond acceptors (Lipinski definition) is 2. The van der Waals surface area contributed by atoms with Crippen LogP contribution in [0.5, 0.6) is 0 Å². The zero-order valence-electron chi connectivity index (χ0n) is 11.3. The monoisotopic (exact) mass is 266 g/mol. The first-order valence-corrected chi connectivity index (χ1v) is 8.12. The highest BCUT2D eigenvalue weighted by Gasteiger charge is 2.22. The van der Waals surface area contributed by atoms with Gasteiger partial charge >= 0.3 is 7.82 Å². The molecule has 0 radical (unpaired) electrons. The lowest BCUT2D eigenvalue weighted by molar-refractivity contribution is 0.187. The summed E-state index contributed by atoms with van der Waals surface area (Å²) in [6.07, 6.45) is 7.63. The SMILES string of the molecule is CCC(CC)(CC)CCCCCOP(=O)(O)O. The lowest BCUT2D eigenvalue weighted by atomic mass is 9.76. The fourth-order valence-electron chi connectivity index (χ4n) is 2.24. The fourth-order valence-corrected chi connectivity index (χ4v) is 2.61. The van der Waals surface area contributed by atoms with Gasteiger partial charge in [0.05, 0.1) is 6.61 Å². The van der Waals surface area contributed by atoms with Crippen LogP contribution in [0.3, 0.4) is 0 Å². The molecule has 0 saturated carbocycles. The highest BCUT2D eigenvalue weighted by Crippen LogP contribution is 2.37. The molecule has 0 spiro atoms. The van der Waals surface area contributed by atoms with Gasteiger partial charge in [-0.25, -0.2) is 4.57 Å². The van der Waals surface area contributed by atoms with Gasteiger partial charge in [0.15, 0.2) is 0 Å². The Morgan fingerprint density at radius 2 is 1.53 bits per heavy atom. The Hall–Kier alpha value is 0.110. The van der Waals surface area contributed by atoms with Gasteiger partial charge in [0, 0.05) is 0 Å². The van der Waals surface area contributed by atoms with E-state index in [0.717, 1.165) is 19.3 Å². The Bertz CT molecular complexity index is 224. The Balaban J connectivity index is 3.66. The molecule has 2 N–H and O–H groups in total. The van der Waals surface area contributed by atoms with Crippen LogP contribution in [0.15, 0.2) is 0 Å². The van der Waals surface area contributed by atoms with Crippen LogP contribution in [-0.4, -0.2) is 16.4 Å². The minimum absolute atomic E-state index is 0.154. The van der Waals surface area contributed by atoms with E-state index in [2.05, 4.69) is 25.3 Å². The van der Waals surface area contributed by atoms with Gasteiger partial charge in [-0.1, -0.05) is 52.9 Å². The summed E-state index contributed by atoms with van der Waals surface area (Å²) in [5, 5.41) is 0. The van der Waals surface area contributed by atoms with Crippen molar-refractivity contribution in [3.8, 4) is 0 Å². The molecule has 0 aromatic heterocycles. The summed E-state index contributed by atoms with van der Waals surface area (Å²) in [5.74, 6) is 0. The van der Waals surface area contributed by atoms with Crippen molar-refractivity contribution in [3.05, 3.63) is 0 Å². The maximum Gasteiger partial charge on any atom is 0.469 e. The van der Waals surface area contributed by atoms with Crippen LogP contribution in [-0.2, 0) is 9.09 Å². The average Bonchev–Trinajstić information content (AvgIpc) is 2.28. The topological polar surface area (TPSA) is 66.8 Å². The molecule has 4 nitrogen and oxygen atoms in total.